The zero-order valence-electron chi connectivity index (χ0n) is 9.07. The van der Waals surface area contributed by atoms with Crippen molar-refractivity contribution in [1.82, 2.24) is 10.6 Å². The molecule has 2 N–H and O–H groups in total. The van der Waals surface area contributed by atoms with Gasteiger partial charge in [0.1, 0.15) is 0 Å². The second-order valence-corrected chi connectivity index (χ2v) is 4.90. The third-order valence-corrected chi connectivity index (χ3v) is 3.61. The first-order valence-corrected chi connectivity index (χ1v) is 5.95. The number of carbonyl (C=O) groups excluding carboxylic acids is 2. The minimum atomic E-state index is -0.347. The van der Waals surface area contributed by atoms with Crippen LogP contribution in [0.25, 0.3) is 0 Å². The van der Waals surface area contributed by atoms with Crippen LogP contribution in [0.4, 0.5) is 0 Å². The molecule has 2 heterocycles. The van der Waals surface area contributed by atoms with E-state index in [9.17, 15) is 9.59 Å². The summed E-state index contributed by atoms with van der Waals surface area (Å²) in [6.45, 7) is 0.765. The van der Waals surface area contributed by atoms with Crippen LogP contribution in [0.3, 0.4) is 0 Å². The SMILES string of the molecule is O=C1CC(NC2CCOC2C2CC2)C(=O)N1. The summed E-state index contributed by atoms with van der Waals surface area (Å²) in [6.07, 6.45) is 3.94. The number of nitrogens with one attached hydrogen (secondary N) is 2. The molecule has 5 nitrogen and oxygen atoms in total. The van der Waals surface area contributed by atoms with Crippen LogP contribution in [0.2, 0.25) is 0 Å². The van der Waals surface area contributed by atoms with Crippen LogP contribution < -0.4 is 10.6 Å². The van der Waals surface area contributed by atoms with Crippen molar-refractivity contribution in [2.24, 2.45) is 5.92 Å². The molecule has 3 fully saturated rings. The van der Waals surface area contributed by atoms with E-state index < -0.39 is 0 Å². The van der Waals surface area contributed by atoms with Crippen molar-refractivity contribution >= 4 is 11.8 Å². The topological polar surface area (TPSA) is 67.4 Å². The molecular weight excluding hydrogens is 208 g/mol. The van der Waals surface area contributed by atoms with Crippen LogP contribution >= 0.6 is 0 Å². The third kappa shape index (κ3) is 1.85. The first-order valence-electron chi connectivity index (χ1n) is 5.95. The quantitative estimate of drug-likeness (QED) is 0.638. The Morgan fingerprint density at radius 3 is 2.69 bits per heavy atom. The predicted octanol–water partition coefficient (Wildman–Crippen LogP) is -0.441. The molecule has 88 valence electrons. The summed E-state index contributed by atoms with van der Waals surface area (Å²) in [4.78, 5) is 22.5. The molecule has 0 aromatic carbocycles. The molecule has 2 amide bonds. The van der Waals surface area contributed by atoms with Crippen molar-refractivity contribution in [3.05, 3.63) is 0 Å². The highest BCUT2D eigenvalue weighted by Crippen LogP contribution is 2.38. The van der Waals surface area contributed by atoms with Gasteiger partial charge in [0.05, 0.1) is 18.6 Å². The lowest BCUT2D eigenvalue weighted by Gasteiger charge is -2.21. The molecule has 3 aliphatic rings. The van der Waals surface area contributed by atoms with Crippen LogP contribution in [-0.4, -0.2) is 36.6 Å². The summed E-state index contributed by atoms with van der Waals surface area (Å²) < 4.78 is 5.68. The molecular formula is C11H16N2O3. The molecule has 3 atom stereocenters. The molecule has 0 radical (unpaired) electrons. The maximum absolute atomic E-state index is 11.4. The number of carbonyl (C=O) groups is 2. The van der Waals surface area contributed by atoms with Gasteiger partial charge in [0.15, 0.2) is 0 Å². The van der Waals surface area contributed by atoms with Gasteiger partial charge in [-0.25, -0.2) is 0 Å². The van der Waals surface area contributed by atoms with E-state index in [1.54, 1.807) is 0 Å². The minimum absolute atomic E-state index is 0.176. The van der Waals surface area contributed by atoms with Gasteiger partial charge < -0.3 is 4.74 Å². The highest BCUT2D eigenvalue weighted by Gasteiger charge is 2.43. The Kier molecular flexibility index (Phi) is 2.44. The standard InChI is InChI=1S/C11H16N2O3/c14-9-5-8(11(15)13-9)12-7-3-4-16-10(7)6-1-2-6/h6-8,10,12H,1-5H2,(H,13,14,15). The van der Waals surface area contributed by atoms with E-state index in [1.165, 1.54) is 12.8 Å². The predicted molar refractivity (Wildman–Crippen MR) is 55.6 cm³/mol. The average molecular weight is 224 g/mol. The van der Waals surface area contributed by atoms with E-state index in [1.807, 2.05) is 0 Å². The Morgan fingerprint density at radius 2 is 2.06 bits per heavy atom. The Morgan fingerprint density at radius 1 is 1.25 bits per heavy atom. The van der Waals surface area contributed by atoms with Gasteiger partial charge >= 0.3 is 0 Å². The van der Waals surface area contributed by atoms with Crippen LogP contribution in [0.15, 0.2) is 0 Å². The van der Waals surface area contributed by atoms with Crippen LogP contribution in [-0.2, 0) is 14.3 Å². The van der Waals surface area contributed by atoms with Gasteiger partial charge in [-0.05, 0) is 25.2 Å². The monoisotopic (exact) mass is 224 g/mol. The first-order chi connectivity index (χ1) is 7.74. The summed E-state index contributed by atoms with van der Waals surface area (Å²) in [5.41, 5.74) is 0. The van der Waals surface area contributed by atoms with Gasteiger partial charge in [-0.3, -0.25) is 20.2 Å². The van der Waals surface area contributed by atoms with E-state index >= 15 is 0 Å². The molecule has 0 aromatic heterocycles. The highest BCUT2D eigenvalue weighted by molar-refractivity contribution is 6.05. The lowest BCUT2D eigenvalue weighted by Crippen LogP contribution is -2.46. The summed E-state index contributed by atoms with van der Waals surface area (Å²) in [5.74, 6) is 0.302. The fourth-order valence-corrected chi connectivity index (χ4v) is 2.63. The molecule has 2 aliphatic heterocycles. The van der Waals surface area contributed by atoms with Crippen molar-refractivity contribution in [1.29, 1.82) is 0 Å². The zero-order chi connectivity index (χ0) is 11.1. The Labute approximate surface area is 93.9 Å². The fourth-order valence-electron chi connectivity index (χ4n) is 2.63. The average Bonchev–Trinajstić information content (AvgIpc) is 2.90. The van der Waals surface area contributed by atoms with Crippen LogP contribution in [0.5, 0.6) is 0 Å². The normalized spacial score (nSPS) is 39.1. The minimum Gasteiger partial charge on any atom is -0.376 e. The molecule has 1 aliphatic carbocycles. The second kappa shape index (κ2) is 3.82. The van der Waals surface area contributed by atoms with Gasteiger partial charge in [0.2, 0.25) is 11.8 Å². The molecule has 1 saturated carbocycles. The molecule has 3 unspecified atom stereocenters. The Bertz CT molecular complexity index is 327. The number of hydrogen-bond acceptors (Lipinski definition) is 4. The van der Waals surface area contributed by atoms with E-state index in [0.717, 1.165) is 13.0 Å². The largest absolute Gasteiger partial charge is 0.376 e. The Balaban J connectivity index is 1.61. The fraction of sp³-hybridized carbons (Fsp3) is 0.818. The van der Waals surface area contributed by atoms with Gasteiger partial charge in [-0.2, -0.15) is 0 Å². The molecule has 0 spiro atoms. The van der Waals surface area contributed by atoms with Crippen LogP contribution in [0, 0.1) is 5.92 Å². The zero-order valence-corrected chi connectivity index (χ0v) is 9.07. The number of ether oxygens (including phenoxy) is 1. The lowest BCUT2D eigenvalue weighted by atomic mass is 10.0. The van der Waals surface area contributed by atoms with E-state index in [-0.39, 0.29) is 36.4 Å². The van der Waals surface area contributed by atoms with Crippen molar-refractivity contribution < 1.29 is 14.3 Å². The number of hydrogen-bond donors (Lipinski definition) is 2. The third-order valence-electron chi connectivity index (χ3n) is 3.61. The second-order valence-electron chi connectivity index (χ2n) is 4.90. The maximum Gasteiger partial charge on any atom is 0.244 e. The molecule has 0 aromatic rings. The van der Waals surface area contributed by atoms with Gasteiger partial charge in [0.25, 0.3) is 0 Å². The first kappa shape index (κ1) is 10.2. The van der Waals surface area contributed by atoms with E-state index in [2.05, 4.69) is 10.6 Å². The Hall–Kier alpha value is -0.940. The highest BCUT2D eigenvalue weighted by atomic mass is 16.5. The molecule has 0 bridgehead atoms. The van der Waals surface area contributed by atoms with Crippen molar-refractivity contribution in [3.63, 3.8) is 0 Å². The van der Waals surface area contributed by atoms with Gasteiger partial charge in [0, 0.05) is 12.6 Å². The molecule has 3 rings (SSSR count). The van der Waals surface area contributed by atoms with Gasteiger partial charge in [-0.15, -0.1) is 0 Å². The number of amides is 2. The van der Waals surface area contributed by atoms with Crippen molar-refractivity contribution in [3.8, 4) is 0 Å². The van der Waals surface area contributed by atoms with Crippen molar-refractivity contribution in [2.75, 3.05) is 6.61 Å². The summed E-state index contributed by atoms with van der Waals surface area (Å²) in [6, 6.07) is -0.102. The number of imide groups is 1. The summed E-state index contributed by atoms with van der Waals surface area (Å²) in [5, 5.41) is 5.59. The van der Waals surface area contributed by atoms with E-state index in [0.29, 0.717) is 5.92 Å². The molecule has 16 heavy (non-hydrogen) atoms. The number of rotatable bonds is 3. The van der Waals surface area contributed by atoms with Gasteiger partial charge in [-0.1, -0.05) is 0 Å². The molecule has 2 saturated heterocycles. The molecule has 5 heteroatoms. The van der Waals surface area contributed by atoms with Crippen molar-refractivity contribution in [2.45, 2.75) is 43.9 Å². The smallest absolute Gasteiger partial charge is 0.244 e. The van der Waals surface area contributed by atoms with E-state index in [4.69, 9.17) is 4.74 Å². The van der Waals surface area contributed by atoms with Crippen LogP contribution in [0.1, 0.15) is 25.7 Å². The lowest BCUT2D eigenvalue weighted by molar-refractivity contribution is -0.125. The summed E-state index contributed by atoms with van der Waals surface area (Å²) in [7, 11) is 0. The summed E-state index contributed by atoms with van der Waals surface area (Å²) >= 11 is 0. The maximum atomic E-state index is 11.4.